The maximum absolute atomic E-state index is 14.2. The van der Waals surface area contributed by atoms with Gasteiger partial charge in [-0.15, -0.1) is 0 Å². The third kappa shape index (κ3) is 5.30. The SMILES string of the molecule is CCC(CC)COC(=O)CN[B]Cc1c(F)c(C)c(C)c(C)c1F. The molecule has 1 aromatic carbocycles. The van der Waals surface area contributed by atoms with Crippen LogP contribution >= 0.6 is 0 Å². The lowest BCUT2D eigenvalue weighted by molar-refractivity contribution is -0.143. The van der Waals surface area contributed by atoms with E-state index in [2.05, 4.69) is 19.1 Å². The third-order valence-corrected chi connectivity index (χ3v) is 4.65. The van der Waals surface area contributed by atoms with Gasteiger partial charge in [-0.25, -0.2) is 8.78 Å². The topological polar surface area (TPSA) is 38.3 Å². The van der Waals surface area contributed by atoms with Crippen LogP contribution < -0.4 is 5.23 Å². The molecule has 1 rings (SSSR count). The molecule has 0 atom stereocenters. The van der Waals surface area contributed by atoms with Gasteiger partial charge in [0.1, 0.15) is 11.6 Å². The highest BCUT2D eigenvalue weighted by Crippen LogP contribution is 2.24. The molecule has 0 saturated heterocycles. The van der Waals surface area contributed by atoms with E-state index < -0.39 is 11.6 Å². The molecular formula is C18H27BF2NO2. The van der Waals surface area contributed by atoms with E-state index in [0.717, 1.165) is 12.8 Å². The molecule has 0 fully saturated rings. The van der Waals surface area contributed by atoms with E-state index in [1.165, 1.54) is 7.41 Å². The molecular weight excluding hydrogens is 311 g/mol. The summed E-state index contributed by atoms with van der Waals surface area (Å²) in [5.74, 6) is -1.04. The summed E-state index contributed by atoms with van der Waals surface area (Å²) < 4.78 is 33.6. The van der Waals surface area contributed by atoms with Crippen LogP contribution in [-0.2, 0) is 15.9 Å². The van der Waals surface area contributed by atoms with Gasteiger partial charge in [-0.05, 0) is 49.7 Å². The number of benzene rings is 1. The lowest BCUT2D eigenvalue weighted by atomic mass is 9.82. The highest BCUT2D eigenvalue weighted by atomic mass is 19.1. The second-order valence-corrected chi connectivity index (χ2v) is 6.14. The Labute approximate surface area is 144 Å². The first-order valence-electron chi connectivity index (χ1n) is 8.47. The second kappa shape index (κ2) is 9.77. The monoisotopic (exact) mass is 338 g/mol. The van der Waals surface area contributed by atoms with Gasteiger partial charge in [0.05, 0.1) is 13.2 Å². The fourth-order valence-corrected chi connectivity index (χ4v) is 2.45. The highest BCUT2D eigenvalue weighted by molar-refractivity contribution is 6.32. The Morgan fingerprint density at radius 3 is 2.12 bits per heavy atom. The van der Waals surface area contributed by atoms with Gasteiger partial charge in [-0.3, -0.25) is 4.79 Å². The smallest absolute Gasteiger partial charge is 0.318 e. The van der Waals surface area contributed by atoms with Crippen LogP contribution in [0.15, 0.2) is 0 Å². The molecule has 0 aliphatic carbocycles. The van der Waals surface area contributed by atoms with E-state index in [1.54, 1.807) is 20.8 Å². The van der Waals surface area contributed by atoms with Crippen LogP contribution in [0.1, 0.15) is 48.9 Å². The minimum absolute atomic E-state index is 0.00673. The molecule has 3 nitrogen and oxygen atoms in total. The molecule has 0 saturated carbocycles. The molecule has 6 heteroatoms. The number of hydrogen-bond donors (Lipinski definition) is 1. The van der Waals surface area contributed by atoms with E-state index in [9.17, 15) is 13.6 Å². The van der Waals surface area contributed by atoms with Crippen LogP contribution in [0.3, 0.4) is 0 Å². The Balaban J connectivity index is 2.48. The standard InChI is InChI=1S/C18H27BF2NO2/c1-6-14(7-2)10-24-16(23)9-22-19-8-15-17(20)12(4)11(3)13(5)18(15)21/h14,22H,6-10H2,1-5H3. The largest absolute Gasteiger partial charge is 0.464 e. The van der Waals surface area contributed by atoms with Gasteiger partial charge >= 0.3 is 5.97 Å². The maximum Gasteiger partial charge on any atom is 0.318 e. The quantitative estimate of drug-likeness (QED) is 0.425. The number of rotatable bonds is 9. The van der Waals surface area contributed by atoms with E-state index in [0.29, 0.717) is 29.2 Å². The molecule has 0 heterocycles. The molecule has 0 bridgehead atoms. The number of hydrogen-bond acceptors (Lipinski definition) is 3. The van der Waals surface area contributed by atoms with Gasteiger partial charge < -0.3 is 9.96 Å². The van der Waals surface area contributed by atoms with Gasteiger partial charge in [0.2, 0.25) is 7.41 Å². The zero-order valence-corrected chi connectivity index (χ0v) is 15.3. The summed E-state index contributed by atoms with van der Waals surface area (Å²) in [5.41, 5.74) is 1.57. The summed E-state index contributed by atoms with van der Waals surface area (Å²) in [6.45, 7) is 9.51. The molecule has 1 N–H and O–H groups in total. The minimum Gasteiger partial charge on any atom is -0.464 e. The fraction of sp³-hybridized carbons (Fsp3) is 0.611. The summed E-state index contributed by atoms with van der Waals surface area (Å²) in [7, 11) is 1.49. The summed E-state index contributed by atoms with van der Waals surface area (Å²) in [5, 5.41) is 2.77. The number of carbonyl (C=O) groups excluding carboxylic acids is 1. The van der Waals surface area contributed by atoms with Crippen molar-refractivity contribution in [3.8, 4) is 0 Å². The first-order chi connectivity index (χ1) is 11.3. The molecule has 0 aromatic heterocycles. The maximum atomic E-state index is 14.2. The highest BCUT2D eigenvalue weighted by Gasteiger charge is 2.18. The molecule has 133 valence electrons. The number of ether oxygens (including phenoxy) is 1. The Hall–Kier alpha value is -1.43. The third-order valence-electron chi connectivity index (χ3n) is 4.65. The number of carbonyl (C=O) groups is 1. The van der Waals surface area contributed by atoms with Crippen molar-refractivity contribution >= 4 is 13.4 Å². The second-order valence-electron chi connectivity index (χ2n) is 6.14. The van der Waals surface area contributed by atoms with Crippen molar-refractivity contribution in [1.29, 1.82) is 0 Å². The van der Waals surface area contributed by atoms with Crippen molar-refractivity contribution in [3.05, 3.63) is 33.9 Å². The molecule has 0 unspecified atom stereocenters. The van der Waals surface area contributed by atoms with E-state index in [-0.39, 0.29) is 24.4 Å². The van der Waals surface area contributed by atoms with Crippen LogP contribution in [0.5, 0.6) is 0 Å². The zero-order chi connectivity index (χ0) is 18.3. The van der Waals surface area contributed by atoms with Gasteiger partial charge in [0.15, 0.2) is 0 Å². The summed E-state index contributed by atoms with van der Waals surface area (Å²) in [6.07, 6.45) is 2.00. The zero-order valence-electron chi connectivity index (χ0n) is 15.3. The molecule has 1 aromatic rings. The molecule has 0 aliphatic rings. The average Bonchev–Trinajstić information content (AvgIpc) is 2.58. The Morgan fingerprint density at radius 1 is 1.08 bits per heavy atom. The van der Waals surface area contributed by atoms with Crippen LogP contribution in [0, 0.1) is 38.3 Å². The predicted molar refractivity (Wildman–Crippen MR) is 93.1 cm³/mol. The Morgan fingerprint density at radius 2 is 1.62 bits per heavy atom. The first-order valence-corrected chi connectivity index (χ1v) is 8.47. The normalized spacial score (nSPS) is 11.0. The van der Waals surface area contributed by atoms with Gasteiger partial charge in [-0.1, -0.05) is 26.7 Å². The van der Waals surface area contributed by atoms with Crippen molar-refractivity contribution < 1.29 is 18.3 Å². The Kier molecular flexibility index (Phi) is 8.39. The molecule has 24 heavy (non-hydrogen) atoms. The van der Waals surface area contributed by atoms with E-state index in [1.807, 2.05) is 0 Å². The lowest BCUT2D eigenvalue weighted by Crippen LogP contribution is -2.30. The average molecular weight is 338 g/mol. The minimum atomic E-state index is -0.523. The van der Waals surface area contributed by atoms with Gasteiger partial charge in [-0.2, -0.15) is 0 Å². The summed E-state index contributed by atoms with van der Waals surface area (Å²) in [4.78, 5) is 11.6. The first kappa shape index (κ1) is 20.6. The molecule has 1 radical (unpaired) electrons. The fourth-order valence-electron chi connectivity index (χ4n) is 2.45. The van der Waals surface area contributed by atoms with Crippen molar-refractivity contribution in [1.82, 2.24) is 5.23 Å². The Bertz CT molecular complexity index is 546. The van der Waals surface area contributed by atoms with Crippen LogP contribution in [0.25, 0.3) is 0 Å². The van der Waals surface area contributed by atoms with Gasteiger partial charge in [0, 0.05) is 5.56 Å². The number of halogens is 2. The van der Waals surface area contributed by atoms with E-state index >= 15 is 0 Å². The van der Waals surface area contributed by atoms with Gasteiger partial charge in [0.25, 0.3) is 0 Å². The molecule has 0 spiro atoms. The van der Waals surface area contributed by atoms with Crippen molar-refractivity contribution in [2.24, 2.45) is 5.92 Å². The number of esters is 1. The molecule has 0 amide bonds. The van der Waals surface area contributed by atoms with Crippen LogP contribution in [-0.4, -0.2) is 26.5 Å². The number of nitrogens with one attached hydrogen (secondary N) is 1. The lowest BCUT2D eigenvalue weighted by Gasteiger charge is -2.14. The van der Waals surface area contributed by atoms with Crippen LogP contribution in [0.2, 0.25) is 0 Å². The van der Waals surface area contributed by atoms with Crippen molar-refractivity contribution in [2.45, 2.75) is 53.8 Å². The predicted octanol–water partition coefficient (Wildman–Crippen LogP) is 3.58. The molecule has 0 aliphatic heterocycles. The van der Waals surface area contributed by atoms with Crippen molar-refractivity contribution in [2.75, 3.05) is 13.2 Å². The van der Waals surface area contributed by atoms with Crippen LogP contribution in [0.4, 0.5) is 8.78 Å². The van der Waals surface area contributed by atoms with Crippen molar-refractivity contribution in [3.63, 3.8) is 0 Å². The summed E-state index contributed by atoms with van der Waals surface area (Å²) >= 11 is 0. The summed E-state index contributed by atoms with van der Waals surface area (Å²) in [6, 6.07) is 0. The van der Waals surface area contributed by atoms with E-state index in [4.69, 9.17) is 4.74 Å².